The van der Waals surface area contributed by atoms with Gasteiger partial charge in [0, 0.05) is 7.11 Å². The van der Waals surface area contributed by atoms with Crippen LogP contribution < -0.4 is 5.32 Å². The summed E-state index contributed by atoms with van der Waals surface area (Å²) in [7, 11) is 3.88. The minimum Gasteiger partial charge on any atom is -0.496 e. The second-order valence-corrected chi connectivity index (χ2v) is 5.50. The molecule has 0 aromatic heterocycles. The van der Waals surface area contributed by atoms with Crippen LogP contribution in [0.3, 0.4) is 0 Å². The van der Waals surface area contributed by atoms with E-state index in [0.717, 1.165) is 38.0 Å². The van der Waals surface area contributed by atoms with Crippen LogP contribution in [-0.2, 0) is 9.47 Å². The van der Waals surface area contributed by atoms with Gasteiger partial charge in [0.15, 0.2) is 0 Å². The molecule has 1 fully saturated rings. The number of allylic oxidation sites excluding steroid dienone is 1. The maximum Gasteiger partial charge on any atom is 0.112 e. The molecule has 1 unspecified atom stereocenters. The molecule has 0 amide bonds. The van der Waals surface area contributed by atoms with Crippen molar-refractivity contribution in [3.63, 3.8) is 0 Å². The molecule has 0 radical (unpaired) electrons. The third kappa shape index (κ3) is 2.89. The van der Waals surface area contributed by atoms with E-state index in [-0.39, 0.29) is 11.6 Å². The number of rotatable bonds is 4. The average molecular weight is 253 g/mol. The van der Waals surface area contributed by atoms with E-state index in [1.807, 2.05) is 14.2 Å². The normalized spacial score (nSPS) is 25.8. The van der Waals surface area contributed by atoms with Gasteiger partial charge in [-0.2, -0.15) is 0 Å². The van der Waals surface area contributed by atoms with Gasteiger partial charge in [-0.05, 0) is 38.8 Å². The van der Waals surface area contributed by atoms with E-state index in [4.69, 9.17) is 9.47 Å². The fourth-order valence-electron chi connectivity index (χ4n) is 3.38. The molecule has 1 N–H and O–H groups in total. The lowest BCUT2D eigenvalue weighted by Crippen LogP contribution is -2.52. The Morgan fingerprint density at radius 2 is 1.94 bits per heavy atom. The van der Waals surface area contributed by atoms with Gasteiger partial charge in [-0.3, -0.25) is 0 Å². The summed E-state index contributed by atoms with van der Waals surface area (Å²) < 4.78 is 11.9. The molecule has 18 heavy (non-hydrogen) atoms. The van der Waals surface area contributed by atoms with Gasteiger partial charge in [-0.15, -0.1) is 0 Å². The van der Waals surface area contributed by atoms with Crippen molar-refractivity contribution < 1.29 is 9.47 Å². The molecule has 2 rings (SSSR count). The molecule has 1 atom stereocenters. The maximum atomic E-state index is 5.98. The SMILES string of the molecule is CNC(C1=CCCCO1)C1(OC)CCCCCC1. The minimum absolute atomic E-state index is 0.0750. The van der Waals surface area contributed by atoms with Crippen molar-refractivity contribution >= 4 is 0 Å². The fourth-order valence-corrected chi connectivity index (χ4v) is 3.38. The number of nitrogens with one attached hydrogen (secondary N) is 1. The number of methoxy groups -OCH3 is 1. The highest BCUT2D eigenvalue weighted by atomic mass is 16.5. The zero-order valence-corrected chi connectivity index (χ0v) is 11.8. The Morgan fingerprint density at radius 3 is 2.44 bits per heavy atom. The van der Waals surface area contributed by atoms with Crippen molar-refractivity contribution in [2.75, 3.05) is 20.8 Å². The highest BCUT2D eigenvalue weighted by Crippen LogP contribution is 2.36. The van der Waals surface area contributed by atoms with Crippen LogP contribution in [0, 0.1) is 0 Å². The molecule has 0 saturated heterocycles. The Balaban J connectivity index is 2.18. The number of likely N-dealkylation sites (N-methyl/N-ethyl adjacent to an activating group) is 1. The molecular formula is C15H27NO2. The van der Waals surface area contributed by atoms with Gasteiger partial charge in [-0.25, -0.2) is 0 Å². The van der Waals surface area contributed by atoms with Crippen LogP contribution in [0.2, 0.25) is 0 Å². The Kier molecular flexibility index (Phi) is 5.07. The summed E-state index contributed by atoms with van der Waals surface area (Å²) in [6.45, 7) is 0.851. The predicted molar refractivity (Wildman–Crippen MR) is 73.6 cm³/mol. The molecule has 0 bridgehead atoms. The fraction of sp³-hybridized carbons (Fsp3) is 0.867. The van der Waals surface area contributed by atoms with Crippen LogP contribution in [0.5, 0.6) is 0 Å². The zero-order chi connectivity index (χ0) is 12.8. The summed E-state index contributed by atoms with van der Waals surface area (Å²) in [4.78, 5) is 0. The lowest BCUT2D eigenvalue weighted by molar-refractivity contribution is -0.0558. The Labute approximate surface area is 111 Å². The first-order chi connectivity index (χ1) is 8.82. The summed E-state index contributed by atoms with van der Waals surface area (Å²) in [6, 6.07) is 0.209. The van der Waals surface area contributed by atoms with Crippen molar-refractivity contribution in [1.82, 2.24) is 5.32 Å². The van der Waals surface area contributed by atoms with Gasteiger partial charge in [0.25, 0.3) is 0 Å². The lowest BCUT2D eigenvalue weighted by atomic mass is 9.84. The molecule has 1 saturated carbocycles. The third-order valence-corrected chi connectivity index (χ3v) is 4.42. The van der Waals surface area contributed by atoms with Gasteiger partial charge in [0.05, 0.1) is 18.2 Å². The highest BCUT2D eigenvalue weighted by molar-refractivity contribution is 5.14. The predicted octanol–water partition coefficient (Wildman–Crippen LogP) is 3.01. The van der Waals surface area contributed by atoms with Crippen LogP contribution in [-0.4, -0.2) is 32.4 Å². The first-order valence-electron chi connectivity index (χ1n) is 7.38. The number of hydrogen-bond donors (Lipinski definition) is 1. The molecule has 1 aliphatic heterocycles. The standard InChI is InChI=1S/C15H27NO2/c1-16-14(13-9-5-8-12-18-13)15(17-2)10-6-3-4-7-11-15/h9,14,16H,3-8,10-12H2,1-2H3. The third-order valence-electron chi connectivity index (χ3n) is 4.42. The summed E-state index contributed by atoms with van der Waals surface area (Å²) in [5, 5.41) is 3.44. The quantitative estimate of drug-likeness (QED) is 0.781. The highest BCUT2D eigenvalue weighted by Gasteiger charge is 2.41. The Bertz CT molecular complexity index is 280. The summed E-state index contributed by atoms with van der Waals surface area (Å²) in [5.41, 5.74) is -0.0750. The molecule has 0 aromatic rings. The number of hydrogen-bond acceptors (Lipinski definition) is 3. The molecule has 0 aromatic carbocycles. The monoisotopic (exact) mass is 253 g/mol. The minimum atomic E-state index is -0.0750. The molecule has 1 aliphatic carbocycles. The maximum absolute atomic E-state index is 5.98. The smallest absolute Gasteiger partial charge is 0.112 e. The van der Waals surface area contributed by atoms with Crippen LogP contribution in [0.4, 0.5) is 0 Å². The van der Waals surface area contributed by atoms with Crippen LogP contribution in [0.15, 0.2) is 11.8 Å². The first kappa shape index (κ1) is 13.9. The largest absolute Gasteiger partial charge is 0.496 e. The van der Waals surface area contributed by atoms with E-state index in [1.165, 1.54) is 25.7 Å². The van der Waals surface area contributed by atoms with Crippen molar-refractivity contribution in [3.8, 4) is 0 Å². The van der Waals surface area contributed by atoms with E-state index in [9.17, 15) is 0 Å². The van der Waals surface area contributed by atoms with Crippen molar-refractivity contribution in [3.05, 3.63) is 11.8 Å². The lowest BCUT2D eigenvalue weighted by Gasteiger charge is -2.40. The van der Waals surface area contributed by atoms with Crippen molar-refractivity contribution in [2.24, 2.45) is 0 Å². The molecule has 2 aliphatic rings. The zero-order valence-electron chi connectivity index (χ0n) is 11.8. The molecule has 1 heterocycles. The van der Waals surface area contributed by atoms with E-state index in [2.05, 4.69) is 11.4 Å². The molecule has 0 spiro atoms. The van der Waals surface area contributed by atoms with Crippen LogP contribution in [0.1, 0.15) is 51.4 Å². The summed E-state index contributed by atoms with van der Waals surface area (Å²) >= 11 is 0. The second kappa shape index (κ2) is 6.58. The van der Waals surface area contributed by atoms with Crippen molar-refractivity contribution in [1.29, 1.82) is 0 Å². The van der Waals surface area contributed by atoms with Crippen LogP contribution >= 0.6 is 0 Å². The molecule has 104 valence electrons. The molecule has 3 nitrogen and oxygen atoms in total. The van der Waals surface area contributed by atoms with Gasteiger partial charge in [0.1, 0.15) is 5.76 Å². The van der Waals surface area contributed by atoms with Gasteiger partial charge >= 0.3 is 0 Å². The number of ether oxygens (including phenoxy) is 2. The van der Waals surface area contributed by atoms with Gasteiger partial charge in [0.2, 0.25) is 0 Å². The first-order valence-corrected chi connectivity index (χ1v) is 7.38. The van der Waals surface area contributed by atoms with Crippen molar-refractivity contribution in [2.45, 2.75) is 63.0 Å². The molecule has 3 heteroatoms. The van der Waals surface area contributed by atoms with Gasteiger partial charge in [-0.1, -0.05) is 25.7 Å². The average Bonchev–Trinajstić information content (AvgIpc) is 2.67. The van der Waals surface area contributed by atoms with Crippen LogP contribution in [0.25, 0.3) is 0 Å². The van der Waals surface area contributed by atoms with E-state index >= 15 is 0 Å². The second-order valence-electron chi connectivity index (χ2n) is 5.50. The topological polar surface area (TPSA) is 30.5 Å². The van der Waals surface area contributed by atoms with E-state index in [1.54, 1.807) is 0 Å². The Hall–Kier alpha value is -0.540. The van der Waals surface area contributed by atoms with E-state index in [0.29, 0.717) is 0 Å². The summed E-state index contributed by atoms with van der Waals surface area (Å²) in [5.74, 6) is 1.10. The van der Waals surface area contributed by atoms with Gasteiger partial charge < -0.3 is 14.8 Å². The Morgan fingerprint density at radius 1 is 1.22 bits per heavy atom. The molecular weight excluding hydrogens is 226 g/mol. The summed E-state index contributed by atoms with van der Waals surface area (Å²) in [6.07, 6.45) is 12.0. The van der Waals surface area contributed by atoms with E-state index < -0.39 is 0 Å².